The van der Waals surface area contributed by atoms with Crippen molar-refractivity contribution in [3.8, 4) is 0 Å². The smallest absolute Gasteiger partial charge is 0.312 e. The van der Waals surface area contributed by atoms with Crippen LogP contribution in [0.25, 0.3) is 0 Å². The predicted molar refractivity (Wildman–Crippen MR) is 77.5 cm³/mol. The van der Waals surface area contributed by atoms with Crippen LogP contribution in [0, 0.1) is 16.7 Å². The molecule has 0 fully saturated rings. The minimum absolute atomic E-state index is 0.0562. The van der Waals surface area contributed by atoms with Gasteiger partial charge in [-0.1, -0.05) is 41.0 Å². The van der Waals surface area contributed by atoms with E-state index in [2.05, 4.69) is 41.5 Å². The van der Waals surface area contributed by atoms with Crippen LogP contribution in [0.2, 0.25) is 0 Å². The Morgan fingerprint density at radius 3 is 1.78 bits per heavy atom. The van der Waals surface area contributed by atoms with Gasteiger partial charge in [0.1, 0.15) is 5.60 Å². The number of hydrogen-bond acceptors (Lipinski definition) is 2. The van der Waals surface area contributed by atoms with E-state index in [1.54, 1.807) is 0 Å². The van der Waals surface area contributed by atoms with Crippen LogP contribution in [0.3, 0.4) is 0 Å². The van der Waals surface area contributed by atoms with E-state index < -0.39 is 11.0 Å². The molecule has 0 heterocycles. The van der Waals surface area contributed by atoms with E-state index in [-0.39, 0.29) is 11.4 Å². The lowest BCUT2D eigenvalue weighted by atomic mass is 9.67. The second-order valence-electron chi connectivity index (χ2n) is 7.97. The van der Waals surface area contributed by atoms with Crippen LogP contribution in [-0.2, 0) is 9.53 Å². The van der Waals surface area contributed by atoms with Crippen LogP contribution in [0.15, 0.2) is 0 Å². The molecule has 2 atom stereocenters. The van der Waals surface area contributed by atoms with E-state index in [9.17, 15) is 4.79 Å². The molecule has 0 radical (unpaired) electrons. The van der Waals surface area contributed by atoms with Crippen LogP contribution in [-0.4, -0.2) is 11.6 Å². The Balaban J connectivity index is 5.16. The number of hydrogen-bond donors (Lipinski definition) is 0. The van der Waals surface area contributed by atoms with Gasteiger partial charge in [-0.05, 0) is 45.4 Å². The summed E-state index contributed by atoms with van der Waals surface area (Å²) in [5, 5.41) is 0. The summed E-state index contributed by atoms with van der Waals surface area (Å²) in [7, 11) is 0. The summed E-state index contributed by atoms with van der Waals surface area (Å²) >= 11 is 0. The molecule has 2 unspecified atom stereocenters. The highest BCUT2D eigenvalue weighted by atomic mass is 16.6. The van der Waals surface area contributed by atoms with Crippen LogP contribution < -0.4 is 0 Å². The third kappa shape index (κ3) is 5.41. The fourth-order valence-corrected chi connectivity index (χ4v) is 2.39. The number of rotatable bonds is 4. The van der Waals surface area contributed by atoms with Gasteiger partial charge in [0, 0.05) is 0 Å². The number of ether oxygens (including phenoxy) is 1. The summed E-state index contributed by atoms with van der Waals surface area (Å²) in [6.45, 7) is 18.7. The molecule has 18 heavy (non-hydrogen) atoms. The first kappa shape index (κ1) is 17.5. The maximum atomic E-state index is 12.5. The van der Waals surface area contributed by atoms with Gasteiger partial charge in [-0.25, -0.2) is 0 Å². The molecule has 0 bridgehead atoms. The van der Waals surface area contributed by atoms with Gasteiger partial charge in [-0.2, -0.15) is 0 Å². The molecule has 2 heteroatoms. The second kappa shape index (κ2) is 5.63. The first-order valence-corrected chi connectivity index (χ1v) is 7.05. The Hall–Kier alpha value is -0.530. The molecular weight excluding hydrogens is 224 g/mol. The molecule has 0 amide bonds. The highest BCUT2D eigenvalue weighted by Crippen LogP contribution is 2.42. The minimum Gasteiger partial charge on any atom is -0.460 e. The lowest BCUT2D eigenvalue weighted by molar-refractivity contribution is -0.172. The highest BCUT2D eigenvalue weighted by Gasteiger charge is 2.43. The third-order valence-corrected chi connectivity index (χ3v) is 3.46. The lowest BCUT2D eigenvalue weighted by Crippen LogP contribution is -2.42. The minimum atomic E-state index is -0.413. The zero-order chi connectivity index (χ0) is 14.8. The Morgan fingerprint density at radius 1 is 1.06 bits per heavy atom. The van der Waals surface area contributed by atoms with E-state index in [1.807, 2.05) is 20.8 Å². The molecule has 0 aromatic heterocycles. The standard InChI is InChI=1S/C16H32O2/c1-10-12(2)16(9,11-14(3,4)5)13(17)18-15(6,7)8/h12H,10-11H2,1-9H3. The molecular formula is C16H32O2. The predicted octanol–water partition coefficient (Wildman–Crippen LogP) is 4.82. The lowest BCUT2D eigenvalue weighted by Gasteiger charge is -2.39. The molecule has 0 N–H and O–H groups in total. The molecule has 108 valence electrons. The first-order valence-electron chi connectivity index (χ1n) is 7.05. The van der Waals surface area contributed by atoms with E-state index in [0.717, 1.165) is 12.8 Å². The van der Waals surface area contributed by atoms with Crippen molar-refractivity contribution in [3.63, 3.8) is 0 Å². The third-order valence-electron chi connectivity index (χ3n) is 3.46. The van der Waals surface area contributed by atoms with Crippen molar-refractivity contribution in [1.29, 1.82) is 0 Å². The Morgan fingerprint density at radius 2 is 1.50 bits per heavy atom. The average molecular weight is 256 g/mol. The monoisotopic (exact) mass is 256 g/mol. The van der Waals surface area contributed by atoms with Gasteiger partial charge in [-0.15, -0.1) is 0 Å². The summed E-state index contributed by atoms with van der Waals surface area (Å²) in [6.07, 6.45) is 1.84. The Kier molecular flexibility index (Phi) is 5.46. The molecule has 0 aliphatic rings. The normalized spacial score (nSPS) is 18.1. The molecule has 0 rings (SSSR count). The van der Waals surface area contributed by atoms with Crippen molar-refractivity contribution in [2.45, 2.75) is 80.8 Å². The van der Waals surface area contributed by atoms with Crippen molar-refractivity contribution in [2.24, 2.45) is 16.7 Å². The van der Waals surface area contributed by atoms with Crippen molar-refractivity contribution in [2.75, 3.05) is 0 Å². The average Bonchev–Trinajstić information content (AvgIpc) is 2.10. The van der Waals surface area contributed by atoms with E-state index in [1.165, 1.54) is 0 Å². The maximum absolute atomic E-state index is 12.5. The number of esters is 1. The van der Waals surface area contributed by atoms with Gasteiger partial charge in [0.05, 0.1) is 5.41 Å². The summed E-state index contributed by atoms with van der Waals surface area (Å²) < 4.78 is 5.63. The Labute approximate surface area is 113 Å². The topological polar surface area (TPSA) is 26.3 Å². The summed E-state index contributed by atoms with van der Waals surface area (Å²) in [6, 6.07) is 0. The molecule has 0 saturated heterocycles. The molecule has 2 nitrogen and oxygen atoms in total. The van der Waals surface area contributed by atoms with Gasteiger partial charge in [-0.3, -0.25) is 4.79 Å². The molecule has 0 aromatic rings. The molecule has 0 aliphatic heterocycles. The van der Waals surface area contributed by atoms with Crippen molar-refractivity contribution in [1.82, 2.24) is 0 Å². The Bertz CT molecular complexity index is 280. The van der Waals surface area contributed by atoms with Gasteiger partial charge >= 0.3 is 5.97 Å². The zero-order valence-electron chi connectivity index (χ0n) is 13.8. The molecule has 0 saturated carbocycles. The van der Waals surface area contributed by atoms with Gasteiger partial charge in [0.25, 0.3) is 0 Å². The molecule has 0 aromatic carbocycles. The van der Waals surface area contributed by atoms with Gasteiger partial charge in [0.2, 0.25) is 0 Å². The van der Waals surface area contributed by atoms with E-state index in [0.29, 0.717) is 5.92 Å². The highest BCUT2D eigenvalue weighted by molar-refractivity contribution is 5.77. The maximum Gasteiger partial charge on any atom is 0.312 e. The van der Waals surface area contributed by atoms with Gasteiger partial charge in [0.15, 0.2) is 0 Å². The SMILES string of the molecule is CCC(C)C(C)(CC(C)(C)C)C(=O)OC(C)(C)C. The fourth-order valence-electron chi connectivity index (χ4n) is 2.39. The zero-order valence-corrected chi connectivity index (χ0v) is 13.8. The number of carbonyl (C=O) groups is 1. The largest absolute Gasteiger partial charge is 0.460 e. The summed E-state index contributed by atoms with van der Waals surface area (Å²) in [5.74, 6) is 0.269. The quantitative estimate of drug-likeness (QED) is 0.674. The van der Waals surface area contributed by atoms with Crippen LogP contribution >= 0.6 is 0 Å². The van der Waals surface area contributed by atoms with Crippen LogP contribution in [0.4, 0.5) is 0 Å². The van der Waals surface area contributed by atoms with Gasteiger partial charge < -0.3 is 4.74 Å². The van der Waals surface area contributed by atoms with Crippen LogP contribution in [0.1, 0.15) is 75.2 Å². The van der Waals surface area contributed by atoms with E-state index in [4.69, 9.17) is 4.74 Å². The van der Waals surface area contributed by atoms with Crippen molar-refractivity contribution >= 4 is 5.97 Å². The second-order valence-corrected chi connectivity index (χ2v) is 7.97. The summed E-state index contributed by atoms with van der Waals surface area (Å²) in [5.41, 5.74) is -0.695. The molecule has 0 aliphatic carbocycles. The molecule has 0 spiro atoms. The summed E-state index contributed by atoms with van der Waals surface area (Å²) in [4.78, 5) is 12.5. The van der Waals surface area contributed by atoms with E-state index >= 15 is 0 Å². The first-order chi connectivity index (χ1) is 7.82. The fraction of sp³-hybridized carbons (Fsp3) is 0.938. The van der Waals surface area contributed by atoms with Crippen LogP contribution in [0.5, 0.6) is 0 Å². The van der Waals surface area contributed by atoms with Crippen molar-refractivity contribution < 1.29 is 9.53 Å². The number of carbonyl (C=O) groups excluding carboxylic acids is 1. The van der Waals surface area contributed by atoms with Crippen molar-refractivity contribution in [3.05, 3.63) is 0 Å².